The quantitative estimate of drug-likeness (QED) is 0.728. The standard InChI is InChI=1S/C17H18N6O/c1-12-7-20-15(9-19-12)17-22-21-16(24-17)14-4-6-23(11-14)10-13-3-2-5-18-8-13/h2-3,5,7-9,14H,4,6,10-11H2,1H3. The van der Waals surface area contributed by atoms with Gasteiger partial charge in [-0.1, -0.05) is 6.07 Å². The van der Waals surface area contributed by atoms with Gasteiger partial charge in [0.2, 0.25) is 5.89 Å². The second-order valence-electron chi connectivity index (χ2n) is 6.07. The van der Waals surface area contributed by atoms with E-state index in [1.807, 2.05) is 19.2 Å². The van der Waals surface area contributed by atoms with Gasteiger partial charge in [0.15, 0.2) is 0 Å². The first-order valence-corrected chi connectivity index (χ1v) is 8.01. The smallest absolute Gasteiger partial charge is 0.267 e. The van der Waals surface area contributed by atoms with E-state index < -0.39 is 0 Å². The van der Waals surface area contributed by atoms with Gasteiger partial charge in [0.05, 0.1) is 17.8 Å². The molecule has 0 aliphatic carbocycles. The fourth-order valence-electron chi connectivity index (χ4n) is 2.93. The largest absolute Gasteiger partial charge is 0.419 e. The molecule has 7 heteroatoms. The minimum absolute atomic E-state index is 0.265. The van der Waals surface area contributed by atoms with Crippen LogP contribution in [-0.4, -0.2) is 43.1 Å². The number of aryl methyl sites for hydroxylation is 1. The summed E-state index contributed by atoms with van der Waals surface area (Å²) in [5, 5.41) is 8.34. The Hall–Kier alpha value is -2.67. The Labute approximate surface area is 139 Å². The summed E-state index contributed by atoms with van der Waals surface area (Å²) in [6.45, 7) is 4.72. The number of rotatable bonds is 4. The lowest BCUT2D eigenvalue weighted by Gasteiger charge is -2.14. The molecule has 0 bridgehead atoms. The highest BCUT2D eigenvalue weighted by Gasteiger charge is 2.28. The average molecular weight is 322 g/mol. The summed E-state index contributed by atoms with van der Waals surface area (Å²) in [6.07, 6.45) is 8.08. The number of nitrogens with zero attached hydrogens (tertiary/aromatic N) is 6. The van der Waals surface area contributed by atoms with Crippen LogP contribution in [0.3, 0.4) is 0 Å². The summed E-state index contributed by atoms with van der Waals surface area (Å²) in [5.41, 5.74) is 2.70. The van der Waals surface area contributed by atoms with E-state index in [1.165, 1.54) is 5.56 Å². The van der Waals surface area contributed by atoms with E-state index in [4.69, 9.17) is 4.42 Å². The topological polar surface area (TPSA) is 80.8 Å². The zero-order valence-electron chi connectivity index (χ0n) is 13.5. The van der Waals surface area contributed by atoms with Crippen LogP contribution in [-0.2, 0) is 6.54 Å². The molecule has 1 aliphatic heterocycles. The fourth-order valence-corrected chi connectivity index (χ4v) is 2.93. The summed E-state index contributed by atoms with van der Waals surface area (Å²) in [7, 11) is 0. The lowest BCUT2D eigenvalue weighted by Crippen LogP contribution is -2.19. The van der Waals surface area contributed by atoms with Gasteiger partial charge in [-0.15, -0.1) is 10.2 Å². The van der Waals surface area contributed by atoms with Gasteiger partial charge in [0, 0.05) is 31.7 Å². The molecule has 0 radical (unpaired) electrons. The van der Waals surface area contributed by atoms with Crippen LogP contribution < -0.4 is 0 Å². The first-order chi connectivity index (χ1) is 11.8. The molecular formula is C17H18N6O. The molecule has 0 spiro atoms. The van der Waals surface area contributed by atoms with Crippen molar-refractivity contribution in [3.05, 3.63) is 54.1 Å². The number of aromatic nitrogens is 5. The van der Waals surface area contributed by atoms with E-state index >= 15 is 0 Å². The van der Waals surface area contributed by atoms with E-state index in [1.54, 1.807) is 18.6 Å². The van der Waals surface area contributed by atoms with Crippen molar-refractivity contribution in [3.63, 3.8) is 0 Å². The molecule has 3 aromatic rings. The Morgan fingerprint density at radius 3 is 2.96 bits per heavy atom. The molecule has 122 valence electrons. The predicted octanol–water partition coefficient (Wildman–Crippen LogP) is 2.22. The number of hydrogen-bond acceptors (Lipinski definition) is 7. The van der Waals surface area contributed by atoms with Crippen LogP contribution in [0, 0.1) is 6.92 Å². The normalized spacial score (nSPS) is 18.1. The van der Waals surface area contributed by atoms with Crippen LogP contribution in [0.5, 0.6) is 0 Å². The van der Waals surface area contributed by atoms with E-state index in [0.717, 1.165) is 31.7 Å². The van der Waals surface area contributed by atoms with Crippen molar-refractivity contribution in [3.8, 4) is 11.6 Å². The molecule has 0 aromatic carbocycles. The van der Waals surface area contributed by atoms with Crippen LogP contribution in [0.1, 0.15) is 29.5 Å². The highest BCUT2D eigenvalue weighted by Crippen LogP contribution is 2.28. The number of pyridine rings is 1. The van der Waals surface area contributed by atoms with Gasteiger partial charge in [-0.25, -0.2) is 4.98 Å². The molecule has 0 saturated carbocycles. The van der Waals surface area contributed by atoms with Crippen molar-refractivity contribution < 1.29 is 4.42 Å². The molecule has 1 aliphatic rings. The molecule has 4 rings (SSSR count). The van der Waals surface area contributed by atoms with Crippen LogP contribution in [0.4, 0.5) is 0 Å². The Balaban J connectivity index is 1.43. The van der Waals surface area contributed by atoms with Gasteiger partial charge in [-0.05, 0) is 31.5 Å². The molecule has 1 fully saturated rings. The van der Waals surface area contributed by atoms with Gasteiger partial charge < -0.3 is 4.42 Å². The first-order valence-electron chi connectivity index (χ1n) is 8.01. The minimum atomic E-state index is 0.265. The van der Waals surface area contributed by atoms with Gasteiger partial charge >= 0.3 is 0 Å². The Kier molecular flexibility index (Phi) is 4.00. The van der Waals surface area contributed by atoms with Gasteiger partial charge in [0.25, 0.3) is 5.89 Å². The summed E-state index contributed by atoms with van der Waals surface area (Å²) < 4.78 is 5.83. The number of likely N-dealkylation sites (tertiary alicyclic amines) is 1. The fraction of sp³-hybridized carbons (Fsp3) is 0.353. The van der Waals surface area contributed by atoms with Crippen molar-refractivity contribution >= 4 is 0 Å². The monoisotopic (exact) mass is 322 g/mol. The lowest BCUT2D eigenvalue weighted by atomic mass is 10.1. The summed E-state index contributed by atoms with van der Waals surface area (Å²) in [5.74, 6) is 1.38. The molecule has 0 amide bonds. The zero-order valence-corrected chi connectivity index (χ0v) is 13.5. The Morgan fingerprint density at radius 2 is 2.17 bits per heavy atom. The molecule has 1 unspecified atom stereocenters. The molecule has 1 atom stereocenters. The van der Waals surface area contributed by atoms with Crippen molar-refractivity contribution in [2.75, 3.05) is 13.1 Å². The molecular weight excluding hydrogens is 304 g/mol. The SMILES string of the molecule is Cc1cnc(-c2nnc(C3CCN(Cc4cccnc4)C3)o2)cn1. The van der Waals surface area contributed by atoms with Gasteiger partial charge in [-0.2, -0.15) is 0 Å². The Bertz CT molecular complexity index is 801. The maximum absolute atomic E-state index is 5.83. The van der Waals surface area contributed by atoms with Crippen molar-refractivity contribution in [1.29, 1.82) is 0 Å². The van der Waals surface area contributed by atoms with Crippen molar-refractivity contribution in [2.45, 2.75) is 25.8 Å². The summed E-state index contributed by atoms with van der Waals surface area (Å²) >= 11 is 0. The van der Waals surface area contributed by atoms with E-state index in [9.17, 15) is 0 Å². The van der Waals surface area contributed by atoms with E-state index in [-0.39, 0.29) is 5.92 Å². The van der Waals surface area contributed by atoms with Crippen molar-refractivity contribution in [1.82, 2.24) is 30.0 Å². The Morgan fingerprint density at radius 1 is 1.21 bits per heavy atom. The van der Waals surface area contributed by atoms with Gasteiger partial charge in [-0.3, -0.25) is 14.9 Å². The maximum atomic E-state index is 5.83. The summed E-state index contributed by atoms with van der Waals surface area (Å²) in [6, 6.07) is 4.07. The predicted molar refractivity (Wildman–Crippen MR) is 86.9 cm³/mol. The third-order valence-electron chi connectivity index (χ3n) is 4.19. The van der Waals surface area contributed by atoms with Crippen molar-refractivity contribution in [2.24, 2.45) is 0 Å². The summed E-state index contributed by atoms with van der Waals surface area (Å²) in [4.78, 5) is 15.1. The van der Waals surface area contributed by atoms with Gasteiger partial charge in [0.1, 0.15) is 5.69 Å². The van der Waals surface area contributed by atoms with E-state index in [0.29, 0.717) is 17.5 Å². The molecule has 0 N–H and O–H groups in total. The highest BCUT2D eigenvalue weighted by molar-refractivity contribution is 5.43. The van der Waals surface area contributed by atoms with Crippen LogP contribution in [0.25, 0.3) is 11.6 Å². The molecule has 3 aromatic heterocycles. The number of hydrogen-bond donors (Lipinski definition) is 0. The average Bonchev–Trinajstić information content (AvgIpc) is 3.26. The van der Waals surface area contributed by atoms with E-state index in [2.05, 4.69) is 36.1 Å². The molecule has 24 heavy (non-hydrogen) atoms. The molecule has 7 nitrogen and oxygen atoms in total. The van der Waals surface area contributed by atoms with Crippen LogP contribution >= 0.6 is 0 Å². The second-order valence-corrected chi connectivity index (χ2v) is 6.07. The maximum Gasteiger partial charge on any atom is 0.267 e. The third-order valence-corrected chi connectivity index (χ3v) is 4.19. The minimum Gasteiger partial charge on any atom is -0.419 e. The third kappa shape index (κ3) is 3.16. The highest BCUT2D eigenvalue weighted by atomic mass is 16.4. The molecule has 4 heterocycles. The van der Waals surface area contributed by atoms with Crippen LogP contribution in [0.15, 0.2) is 41.3 Å². The van der Waals surface area contributed by atoms with Crippen LogP contribution in [0.2, 0.25) is 0 Å². The zero-order chi connectivity index (χ0) is 16.4. The second kappa shape index (κ2) is 6.45. The first kappa shape index (κ1) is 14.9. The lowest BCUT2D eigenvalue weighted by molar-refractivity contribution is 0.320. The molecule has 1 saturated heterocycles.